The van der Waals surface area contributed by atoms with E-state index in [1.54, 1.807) is 71.6 Å². The number of rotatable bonds is 6. The molecule has 1 aliphatic heterocycles. The standard InChI is InChI=1S/C26H21ClN2O5/c1-33-26(32)19-4-2-3-18(13-19)15-29-22-14-21(10-11-23(22)34-16-25(29)31)28-24(30)12-7-17-5-8-20(27)9-6-17/h2-14H,15-16H2,1H3,(H,28,30)/b12-7+. The summed E-state index contributed by atoms with van der Waals surface area (Å²) in [7, 11) is 1.32. The minimum Gasteiger partial charge on any atom is -0.482 e. The molecule has 0 fully saturated rings. The molecule has 0 radical (unpaired) electrons. The van der Waals surface area contributed by atoms with Crippen molar-refractivity contribution in [3.8, 4) is 5.75 Å². The van der Waals surface area contributed by atoms with E-state index in [0.29, 0.717) is 27.7 Å². The van der Waals surface area contributed by atoms with E-state index in [9.17, 15) is 14.4 Å². The molecule has 1 heterocycles. The van der Waals surface area contributed by atoms with Crippen LogP contribution in [0, 0.1) is 0 Å². The molecule has 3 aromatic carbocycles. The van der Waals surface area contributed by atoms with Crippen LogP contribution in [0.15, 0.2) is 72.8 Å². The second kappa shape index (κ2) is 10.2. The van der Waals surface area contributed by atoms with Gasteiger partial charge in [0.2, 0.25) is 5.91 Å². The summed E-state index contributed by atoms with van der Waals surface area (Å²) in [5, 5.41) is 3.42. The molecular formula is C26H21ClN2O5. The summed E-state index contributed by atoms with van der Waals surface area (Å²) in [6.45, 7) is 0.132. The number of carbonyl (C=O) groups is 3. The normalized spacial score (nSPS) is 12.8. The van der Waals surface area contributed by atoms with E-state index < -0.39 is 5.97 Å². The maximum Gasteiger partial charge on any atom is 0.337 e. The monoisotopic (exact) mass is 476 g/mol. The molecule has 0 saturated carbocycles. The number of anilines is 2. The fourth-order valence-corrected chi connectivity index (χ4v) is 3.61. The summed E-state index contributed by atoms with van der Waals surface area (Å²) in [6.07, 6.45) is 3.09. The third-order valence-electron chi connectivity index (χ3n) is 5.16. The van der Waals surface area contributed by atoms with Crippen molar-refractivity contribution in [3.63, 3.8) is 0 Å². The minimum atomic E-state index is -0.452. The van der Waals surface area contributed by atoms with Crippen LogP contribution in [0.3, 0.4) is 0 Å². The zero-order chi connectivity index (χ0) is 24.1. The summed E-state index contributed by atoms with van der Waals surface area (Å²) in [5.74, 6) is -0.483. The number of nitrogens with one attached hydrogen (secondary N) is 1. The molecule has 0 unspecified atom stereocenters. The van der Waals surface area contributed by atoms with Gasteiger partial charge in [0, 0.05) is 16.8 Å². The number of ether oxygens (including phenoxy) is 2. The fourth-order valence-electron chi connectivity index (χ4n) is 3.48. The summed E-state index contributed by atoms with van der Waals surface area (Å²) in [6, 6.07) is 19.1. The Bertz CT molecular complexity index is 1270. The van der Waals surface area contributed by atoms with E-state index >= 15 is 0 Å². The molecule has 0 aliphatic carbocycles. The number of benzene rings is 3. The third-order valence-corrected chi connectivity index (χ3v) is 5.41. The van der Waals surface area contributed by atoms with Gasteiger partial charge < -0.3 is 19.7 Å². The average molecular weight is 477 g/mol. The zero-order valence-electron chi connectivity index (χ0n) is 18.3. The quantitative estimate of drug-likeness (QED) is 0.411. The molecule has 3 aromatic rings. The predicted octanol–water partition coefficient (Wildman–Crippen LogP) is 4.70. The molecular weight excluding hydrogens is 456 g/mol. The topological polar surface area (TPSA) is 84.9 Å². The van der Waals surface area contributed by atoms with Crippen LogP contribution in [0.4, 0.5) is 11.4 Å². The molecule has 0 atom stereocenters. The Hall–Kier alpha value is -4.10. The Labute approximate surface area is 201 Å². The molecule has 172 valence electrons. The number of amides is 2. The lowest BCUT2D eigenvalue weighted by atomic mass is 10.1. The van der Waals surface area contributed by atoms with Crippen molar-refractivity contribution in [1.82, 2.24) is 0 Å². The lowest BCUT2D eigenvalue weighted by Gasteiger charge is -2.30. The smallest absolute Gasteiger partial charge is 0.337 e. The number of fused-ring (bicyclic) bond motifs is 1. The van der Waals surface area contributed by atoms with Crippen molar-refractivity contribution in [2.75, 3.05) is 23.9 Å². The van der Waals surface area contributed by atoms with Gasteiger partial charge in [0.05, 0.1) is 24.9 Å². The van der Waals surface area contributed by atoms with Gasteiger partial charge in [-0.3, -0.25) is 9.59 Å². The Morgan fingerprint density at radius 2 is 1.91 bits per heavy atom. The highest BCUT2D eigenvalue weighted by Gasteiger charge is 2.26. The van der Waals surface area contributed by atoms with E-state index in [1.165, 1.54) is 13.2 Å². The first-order chi connectivity index (χ1) is 16.4. The van der Waals surface area contributed by atoms with Gasteiger partial charge in [-0.15, -0.1) is 0 Å². The Balaban J connectivity index is 1.52. The Morgan fingerprint density at radius 1 is 1.12 bits per heavy atom. The molecule has 7 nitrogen and oxygen atoms in total. The third kappa shape index (κ3) is 5.44. The van der Waals surface area contributed by atoms with Crippen LogP contribution >= 0.6 is 11.6 Å². The van der Waals surface area contributed by atoms with Gasteiger partial charge in [-0.05, 0) is 59.7 Å². The van der Waals surface area contributed by atoms with Gasteiger partial charge in [-0.1, -0.05) is 35.9 Å². The van der Waals surface area contributed by atoms with Crippen molar-refractivity contribution in [2.45, 2.75) is 6.54 Å². The van der Waals surface area contributed by atoms with Crippen LogP contribution in [-0.4, -0.2) is 31.5 Å². The molecule has 0 aromatic heterocycles. The average Bonchev–Trinajstić information content (AvgIpc) is 2.85. The van der Waals surface area contributed by atoms with Crippen molar-refractivity contribution >= 4 is 46.8 Å². The lowest BCUT2D eigenvalue weighted by molar-refractivity contribution is -0.121. The number of halogens is 1. The summed E-state index contributed by atoms with van der Waals surface area (Å²) >= 11 is 5.88. The number of hydrogen-bond donors (Lipinski definition) is 1. The van der Waals surface area contributed by atoms with E-state index in [4.69, 9.17) is 21.1 Å². The molecule has 0 spiro atoms. The van der Waals surface area contributed by atoms with Gasteiger partial charge in [-0.2, -0.15) is 0 Å². The number of esters is 1. The number of hydrogen-bond acceptors (Lipinski definition) is 5. The summed E-state index contributed by atoms with van der Waals surface area (Å²) < 4.78 is 10.3. The molecule has 1 N–H and O–H groups in total. The second-order valence-electron chi connectivity index (χ2n) is 7.52. The van der Waals surface area contributed by atoms with Gasteiger partial charge >= 0.3 is 5.97 Å². The SMILES string of the molecule is COC(=O)c1cccc(CN2C(=O)COc3ccc(NC(=O)/C=C/c4ccc(Cl)cc4)cc32)c1. The lowest BCUT2D eigenvalue weighted by Crippen LogP contribution is -2.38. The van der Waals surface area contributed by atoms with E-state index in [2.05, 4.69) is 5.32 Å². The Morgan fingerprint density at radius 3 is 2.68 bits per heavy atom. The van der Waals surface area contributed by atoms with Crippen LogP contribution in [0.1, 0.15) is 21.5 Å². The zero-order valence-corrected chi connectivity index (χ0v) is 19.0. The molecule has 34 heavy (non-hydrogen) atoms. The molecule has 2 amide bonds. The van der Waals surface area contributed by atoms with Crippen molar-refractivity contribution in [3.05, 3.63) is 94.5 Å². The second-order valence-corrected chi connectivity index (χ2v) is 7.95. The molecule has 1 aliphatic rings. The predicted molar refractivity (Wildman–Crippen MR) is 130 cm³/mol. The van der Waals surface area contributed by atoms with E-state index in [0.717, 1.165) is 11.1 Å². The van der Waals surface area contributed by atoms with Crippen LogP contribution in [0.5, 0.6) is 5.75 Å². The van der Waals surface area contributed by atoms with Crippen molar-refractivity contribution in [2.24, 2.45) is 0 Å². The first-order valence-electron chi connectivity index (χ1n) is 10.4. The van der Waals surface area contributed by atoms with Gasteiger partial charge in [0.25, 0.3) is 5.91 Å². The van der Waals surface area contributed by atoms with Gasteiger partial charge in [0.15, 0.2) is 6.61 Å². The van der Waals surface area contributed by atoms with E-state index in [1.807, 2.05) is 6.07 Å². The summed E-state index contributed by atoms with van der Waals surface area (Å²) in [5.41, 5.74) is 3.03. The summed E-state index contributed by atoms with van der Waals surface area (Å²) in [4.78, 5) is 38.5. The highest BCUT2D eigenvalue weighted by molar-refractivity contribution is 6.30. The Kier molecular flexibility index (Phi) is 6.94. The van der Waals surface area contributed by atoms with Crippen molar-refractivity contribution < 1.29 is 23.9 Å². The van der Waals surface area contributed by atoms with Gasteiger partial charge in [-0.25, -0.2) is 4.79 Å². The molecule has 8 heteroatoms. The minimum absolute atomic E-state index is 0.0980. The first kappa shape index (κ1) is 23.1. The fraction of sp³-hybridized carbons (Fsp3) is 0.115. The van der Waals surface area contributed by atoms with Crippen LogP contribution < -0.4 is 15.0 Å². The maximum absolute atomic E-state index is 12.7. The molecule has 4 rings (SSSR count). The van der Waals surface area contributed by atoms with Crippen LogP contribution in [-0.2, 0) is 20.9 Å². The highest BCUT2D eigenvalue weighted by Crippen LogP contribution is 2.35. The van der Waals surface area contributed by atoms with E-state index in [-0.39, 0.29) is 25.0 Å². The van der Waals surface area contributed by atoms with Gasteiger partial charge in [0.1, 0.15) is 5.75 Å². The number of carbonyl (C=O) groups excluding carboxylic acids is 3. The first-order valence-corrected chi connectivity index (χ1v) is 10.8. The van der Waals surface area contributed by atoms with Crippen molar-refractivity contribution in [1.29, 1.82) is 0 Å². The van der Waals surface area contributed by atoms with Crippen LogP contribution in [0.25, 0.3) is 6.08 Å². The van der Waals surface area contributed by atoms with Crippen LogP contribution in [0.2, 0.25) is 5.02 Å². The maximum atomic E-state index is 12.7. The molecule has 0 saturated heterocycles. The highest BCUT2D eigenvalue weighted by atomic mass is 35.5. The molecule has 0 bridgehead atoms. The number of nitrogens with zero attached hydrogens (tertiary/aromatic N) is 1. The largest absolute Gasteiger partial charge is 0.482 e. The number of methoxy groups -OCH3 is 1.